The fraction of sp³-hybridized carbons (Fsp3) is 0.333. The molecule has 3 nitrogen and oxygen atoms in total. The number of aromatic nitrogens is 2. The van der Waals surface area contributed by atoms with E-state index in [9.17, 15) is 4.39 Å². The number of nitriles is 1. The van der Waals surface area contributed by atoms with Gasteiger partial charge in [0, 0.05) is 12.2 Å². The highest BCUT2D eigenvalue weighted by molar-refractivity contribution is 5.34. The molecule has 0 saturated carbocycles. The molecule has 0 bridgehead atoms. The van der Waals surface area contributed by atoms with Crippen LogP contribution in [-0.2, 0) is 19.4 Å². The van der Waals surface area contributed by atoms with Crippen molar-refractivity contribution in [3.63, 3.8) is 0 Å². The average Bonchev–Trinajstić information content (AvgIpc) is 2.84. The molecule has 3 rings (SSSR count). The number of nitrogens with zero attached hydrogens (tertiary/aromatic N) is 3. The van der Waals surface area contributed by atoms with Crippen LogP contribution in [0.25, 0.3) is 0 Å². The van der Waals surface area contributed by atoms with Gasteiger partial charge < -0.3 is 4.57 Å². The Bertz CT molecular complexity index is 652. The summed E-state index contributed by atoms with van der Waals surface area (Å²) >= 11 is 0. The molecular weight excluding hydrogens is 241 g/mol. The number of aryl methyl sites for hydroxylation is 1. The van der Waals surface area contributed by atoms with Gasteiger partial charge in [-0.2, -0.15) is 5.26 Å². The first kappa shape index (κ1) is 11.9. The summed E-state index contributed by atoms with van der Waals surface area (Å²) in [7, 11) is 0. The Kier molecular flexibility index (Phi) is 3.04. The number of hydrogen-bond donors (Lipinski definition) is 0. The van der Waals surface area contributed by atoms with Crippen molar-refractivity contribution >= 4 is 0 Å². The molecule has 0 unspecified atom stereocenters. The summed E-state index contributed by atoms with van der Waals surface area (Å²) in [5, 5.41) is 8.85. The van der Waals surface area contributed by atoms with Crippen LogP contribution in [0.1, 0.15) is 35.4 Å². The van der Waals surface area contributed by atoms with E-state index in [1.165, 1.54) is 30.3 Å². The molecular formula is C15H14FN3. The summed E-state index contributed by atoms with van der Waals surface area (Å²) in [5.74, 6) is -0.459. The van der Waals surface area contributed by atoms with Crippen LogP contribution in [0.5, 0.6) is 0 Å². The summed E-state index contributed by atoms with van der Waals surface area (Å²) in [6.45, 7) is 0.650. The Morgan fingerprint density at radius 1 is 1.32 bits per heavy atom. The fourth-order valence-electron chi connectivity index (χ4n) is 2.62. The van der Waals surface area contributed by atoms with E-state index in [0.717, 1.165) is 18.4 Å². The Morgan fingerprint density at radius 3 is 3.00 bits per heavy atom. The summed E-state index contributed by atoms with van der Waals surface area (Å²) in [5.41, 5.74) is 3.51. The lowest BCUT2D eigenvalue weighted by molar-refractivity contribution is 0.617. The van der Waals surface area contributed by atoms with Crippen molar-refractivity contribution in [2.45, 2.75) is 32.2 Å². The minimum atomic E-state index is -0.459. The van der Waals surface area contributed by atoms with E-state index in [-0.39, 0.29) is 5.56 Å². The number of halogens is 1. The SMILES string of the molecule is N#Cc1cc(Cn2cnc3c2CCCC3)ccc1F. The summed E-state index contributed by atoms with van der Waals surface area (Å²) in [4.78, 5) is 4.44. The smallest absolute Gasteiger partial charge is 0.140 e. The quantitative estimate of drug-likeness (QED) is 0.828. The standard InChI is InChI=1S/C15H14FN3/c16-13-6-5-11(7-12(13)8-17)9-19-10-18-14-3-1-2-4-15(14)19/h5-7,10H,1-4,9H2. The number of imidazole rings is 1. The molecule has 96 valence electrons. The lowest BCUT2D eigenvalue weighted by atomic mass is 10.0. The van der Waals surface area contributed by atoms with Crippen molar-refractivity contribution in [1.29, 1.82) is 5.26 Å². The van der Waals surface area contributed by atoms with Crippen LogP contribution in [0.3, 0.4) is 0 Å². The molecule has 0 saturated heterocycles. The van der Waals surface area contributed by atoms with Gasteiger partial charge in [0.15, 0.2) is 0 Å². The van der Waals surface area contributed by atoms with Crippen LogP contribution in [0.15, 0.2) is 24.5 Å². The van der Waals surface area contributed by atoms with Gasteiger partial charge in [0.05, 0.1) is 17.6 Å². The van der Waals surface area contributed by atoms with E-state index in [0.29, 0.717) is 6.54 Å². The first-order valence-electron chi connectivity index (χ1n) is 6.49. The first-order valence-corrected chi connectivity index (χ1v) is 6.49. The van der Waals surface area contributed by atoms with Crippen LogP contribution in [0.4, 0.5) is 4.39 Å². The molecule has 2 aromatic rings. The average molecular weight is 255 g/mol. The van der Waals surface area contributed by atoms with Gasteiger partial charge in [0.1, 0.15) is 11.9 Å². The van der Waals surface area contributed by atoms with Crippen LogP contribution in [0.2, 0.25) is 0 Å². The normalized spacial score (nSPS) is 13.9. The monoisotopic (exact) mass is 255 g/mol. The molecule has 1 heterocycles. The fourth-order valence-corrected chi connectivity index (χ4v) is 2.62. The maximum atomic E-state index is 13.3. The van der Waals surface area contributed by atoms with Crippen LogP contribution >= 0.6 is 0 Å². The van der Waals surface area contributed by atoms with Crippen LogP contribution in [0, 0.1) is 17.1 Å². The van der Waals surface area contributed by atoms with E-state index >= 15 is 0 Å². The van der Waals surface area contributed by atoms with Gasteiger partial charge in [0.2, 0.25) is 0 Å². The van der Waals surface area contributed by atoms with Crippen LogP contribution < -0.4 is 0 Å². The topological polar surface area (TPSA) is 41.6 Å². The van der Waals surface area contributed by atoms with Crippen molar-refractivity contribution in [1.82, 2.24) is 9.55 Å². The number of fused-ring (bicyclic) bond motifs is 1. The molecule has 1 aliphatic rings. The molecule has 0 aliphatic heterocycles. The summed E-state index contributed by atoms with van der Waals surface area (Å²) < 4.78 is 15.4. The van der Waals surface area contributed by atoms with E-state index in [1.54, 1.807) is 12.1 Å². The molecule has 4 heteroatoms. The van der Waals surface area contributed by atoms with Gasteiger partial charge in [0.25, 0.3) is 0 Å². The molecule has 0 fully saturated rings. The highest BCUT2D eigenvalue weighted by Crippen LogP contribution is 2.21. The molecule has 19 heavy (non-hydrogen) atoms. The van der Waals surface area contributed by atoms with Gasteiger partial charge in [-0.15, -0.1) is 0 Å². The van der Waals surface area contributed by atoms with Gasteiger partial charge >= 0.3 is 0 Å². The van der Waals surface area contributed by atoms with Gasteiger partial charge in [-0.25, -0.2) is 9.37 Å². The zero-order valence-electron chi connectivity index (χ0n) is 10.6. The Balaban J connectivity index is 1.89. The molecule has 0 radical (unpaired) electrons. The number of hydrogen-bond acceptors (Lipinski definition) is 2. The van der Waals surface area contributed by atoms with Crippen molar-refractivity contribution in [3.8, 4) is 6.07 Å². The van der Waals surface area contributed by atoms with E-state index in [2.05, 4.69) is 9.55 Å². The summed E-state index contributed by atoms with van der Waals surface area (Å²) in [6, 6.07) is 6.58. The van der Waals surface area contributed by atoms with Gasteiger partial charge in [-0.3, -0.25) is 0 Å². The van der Waals surface area contributed by atoms with Crippen LogP contribution in [-0.4, -0.2) is 9.55 Å². The number of benzene rings is 1. The minimum Gasteiger partial charge on any atom is -0.330 e. The Hall–Kier alpha value is -2.15. The molecule has 1 aromatic carbocycles. The lowest BCUT2D eigenvalue weighted by Gasteiger charge is -2.14. The van der Waals surface area contributed by atoms with Crippen molar-refractivity contribution in [2.24, 2.45) is 0 Å². The van der Waals surface area contributed by atoms with E-state index < -0.39 is 5.82 Å². The molecule has 0 spiro atoms. The van der Waals surface area contributed by atoms with Crippen molar-refractivity contribution < 1.29 is 4.39 Å². The highest BCUT2D eigenvalue weighted by atomic mass is 19.1. The zero-order valence-corrected chi connectivity index (χ0v) is 10.6. The second kappa shape index (κ2) is 4.85. The zero-order chi connectivity index (χ0) is 13.2. The summed E-state index contributed by atoms with van der Waals surface area (Å²) in [6.07, 6.45) is 6.37. The second-order valence-electron chi connectivity index (χ2n) is 4.90. The van der Waals surface area contributed by atoms with E-state index in [4.69, 9.17) is 5.26 Å². The molecule has 0 N–H and O–H groups in total. The minimum absolute atomic E-state index is 0.103. The Labute approximate surface area is 111 Å². The maximum absolute atomic E-state index is 13.3. The van der Waals surface area contributed by atoms with Crippen molar-refractivity contribution in [3.05, 3.63) is 52.9 Å². The largest absolute Gasteiger partial charge is 0.330 e. The Morgan fingerprint density at radius 2 is 2.16 bits per heavy atom. The third kappa shape index (κ3) is 2.24. The highest BCUT2D eigenvalue weighted by Gasteiger charge is 2.15. The molecule has 1 aromatic heterocycles. The molecule has 1 aliphatic carbocycles. The van der Waals surface area contributed by atoms with Crippen molar-refractivity contribution in [2.75, 3.05) is 0 Å². The van der Waals surface area contributed by atoms with Gasteiger partial charge in [-0.05, 0) is 43.4 Å². The lowest BCUT2D eigenvalue weighted by Crippen LogP contribution is -2.09. The van der Waals surface area contributed by atoms with Gasteiger partial charge in [-0.1, -0.05) is 6.07 Å². The third-order valence-electron chi connectivity index (χ3n) is 3.61. The van der Waals surface area contributed by atoms with E-state index in [1.807, 2.05) is 12.4 Å². The molecule has 0 amide bonds. The second-order valence-corrected chi connectivity index (χ2v) is 4.90. The predicted molar refractivity (Wildman–Crippen MR) is 69.1 cm³/mol. The maximum Gasteiger partial charge on any atom is 0.140 e. The number of rotatable bonds is 2. The molecule has 0 atom stereocenters. The first-order chi connectivity index (χ1) is 9.28. The third-order valence-corrected chi connectivity index (χ3v) is 3.61. The predicted octanol–water partition coefficient (Wildman–Crippen LogP) is 2.82.